The highest BCUT2D eigenvalue weighted by Gasteiger charge is 2.25. The second-order valence-electron chi connectivity index (χ2n) is 8.18. The van der Waals surface area contributed by atoms with Gasteiger partial charge in [0, 0.05) is 43.4 Å². The minimum absolute atomic E-state index is 0.119. The standard InChI is InChI=1S/C24H26FN5O3/c1-15-6-4-3-5-11-29(15)24(33)20-14-21(26-2)30-22(27-20)13-19(28-30)17-9-7-16(12-18(17)25)8-10-23(31)32/h7-10,12-15,26H,3-6,11H2,1-2H3,(H,31,32)/b10-8+/t15-/m1/s1. The summed E-state index contributed by atoms with van der Waals surface area (Å²) < 4.78 is 16.3. The normalized spacial score (nSPS) is 16.8. The molecule has 172 valence electrons. The molecule has 9 heteroatoms. The van der Waals surface area contributed by atoms with Crippen LogP contribution in [0.25, 0.3) is 23.0 Å². The smallest absolute Gasteiger partial charge is 0.328 e. The summed E-state index contributed by atoms with van der Waals surface area (Å²) in [5, 5.41) is 16.3. The molecule has 3 heterocycles. The van der Waals surface area contributed by atoms with Crippen LogP contribution < -0.4 is 5.32 Å². The van der Waals surface area contributed by atoms with E-state index in [2.05, 4.69) is 22.3 Å². The molecule has 3 aromatic rings. The number of nitrogens with one attached hydrogen (secondary N) is 1. The van der Waals surface area contributed by atoms with E-state index in [1.165, 1.54) is 16.7 Å². The van der Waals surface area contributed by atoms with Crippen LogP contribution in [0.2, 0.25) is 0 Å². The summed E-state index contributed by atoms with van der Waals surface area (Å²) in [5.41, 5.74) is 1.79. The van der Waals surface area contributed by atoms with Gasteiger partial charge in [-0.15, -0.1) is 0 Å². The Morgan fingerprint density at radius 3 is 2.76 bits per heavy atom. The van der Waals surface area contributed by atoms with Gasteiger partial charge >= 0.3 is 5.97 Å². The van der Waals surface area contributed by atoms with Crippen LogP contribution in [0.15, 0.2) is 36.4 Å². The summed E-state index contributed by atoms with van der Waals surface area (Å²) in [6.07, 6.45) is 6.45. The van der Waals surface area contributed by atoms with Crippen molar-refractivity contribution >= 4 is 29.4 Å². The van der Waals surface area contributed by atoms with Crippen molar-refractivity contribution in [3.8, 4) is 11.3 Å². The number of amides is 1. The molecule has 1 saturated heterocycles. The molecule has 0 spiro atoms. The molecule has 1 aliphatic heterocycles. The molecular weight excluding hydrogens is 425 g/mol. The maximum absolute atomic E-state index is 14.8. The number of likely N-dealkylation sites (tertiary alicyclic amines) is 1. The number of anilines is 1. The number of aromatic nitrogens is 3. The Hall–Kier alpha value is -3.75. The van der Waals surface area contributed by atoms with Gasteiger partial charge in [-0.05, 0) is 43.5 Å². The van der Waals surface area contributed by atoms with Crippen LogP contribution in [0.4, 0.5) is 10.2 Å². The monoisotopic (exact) mass is 451 g/mol. The van der Waals surface area contributed by atoms with Crippen molar-refractivity contribution in [2.24, 2.45) is 0 Å². The Bertz CT molecular complexity index is 1240. The summed E-state index contributed by atoms with van der Waals surface area (Å²) in [4.78, 5) is 30.4. The number of hydrogen-bond donors (Lipinski definition) is 2. The Kier molecular flexibility index (Phi) is 6.39. The summed E-state index contributed by atoms with van der Waals surface area (Å²) in [7, 11) is 1.73. The van der Waals surface area contributed by atoms with Crippen LogP contribution in [0, 0.1) is 5.82 Å². The summed E-state index contributed by atoms with van der Waals surface area (Å²) in [6.45, 7) is 2.77. The lowest BCUT2D eigenvalue weighted by Crippen LogP contribution is -2.38. The average molecular weight is 452 g/mol. The zero-order valence-electron chi connectivity index (χ0n) is 18.6. The lowest BCUT2D eigenvalue weighted by molar-refractivity contribution is -0.131. The van der Waals surface area contributed by atoms with Gasteiger partial charge in [0.05, 0.1) is 5.69 Å². The van der Waals surface area contributed by atoms with Crippen LogP contribution in [0.5, 0.6) is 0 Å². The highest BCUT2D eigenvalue weighted by molar-refractivity contribution is 5.94. The van der Waals surface area contributed by atoms with Crippen LogP contribution in [-0.4, -0.2) is 56.1 Å². The van der Waals surface area contributed by atoms with Gasteiger partial charge in [0.1, 0.15) is 17.3 Å². The molecule has 1 amide bonds. The molecule has 8 nitrogen and oxygen atoms in total. The van der Waals surface area contributed by atoms with Gasteiger partial charge in [-0.1, -0.05) is 18.9 Å². The van der Waals surface area contributed by atoms with Crippen LogP contribution in [-0.2, 0) is 4.79 Å². The molecule has 2 N–H and O–H groups in total. The van der Waals surface area contributed by atoms with E-state index in [-0.39, 0.29) is 17.5 Å². The largest absolute Gasteiger partial charge is 0.478 e. The van der Waals surface area contributed by atoms with Gasteiger partial charge in [0.15, 0.2) is 5.65 Å². The highest BCUT2D eigenvalue weighted by Crippen LogP contribution is 2.26. The predicted molar refractivity (Wildman–Crippen MR) is 124 cm³/mol. The van der Waals surface area contributed by atoms with Crippen LogP contribution in [0.1, 0.15) is 48.7 Å². The summed E-state index contributed by atoms with van der Waals surface area (Å²) >= 11 is 0. The quantitative estimate of drug-likeness (QED) is 0.567. The molecule has 0 bridgehead atoms. The van der Waals surface area contributed by atoms with Crippen molar-refractivity contribution in [1.82, 2.24) is 19.5 Å². The van der Waals surface area contributed by atoms with Crippen molar-refractivity contribution in [2.45, 2.75) is 38.6 Å². The first kappa shape index (κ1) is 22.4. The molecule has 0 radical (unpaired) electrons. The van der Waals surface area contributed by atoms with Gasteiger partial charge in [-0.3, -0.25) is 4.79 Å². The van der Waals surface area contributed by atoms with E-state index in [1.54, 1.807) is 31.3 Å². The van der Waals surface area contributed by atoms with E-state index in [4.69, 9.17) is 5.11 Å². The topological polar surface area (TPSA) is 99.8 Å². The van der Waals surface area contributed by atoms with Crippen molar-refractivity contribution in [3.05, 3.63) is 53.5 Å². The van der Waals surface area contributed by atoms with Gasteiger partial charge in [-0.25, -0.2) is 14.2 Å². The van der Waals surface area contributed by atoms with Crippen molar-refractivity contribution in [3.63, 3.8) is 0 Å². The molecule has 1 atom stereocenters. The Morgan fingerprint density at radius 2 is 2.03 bits per heavy atom. The third-order valence-electron chi connectivity index (χ3n) is 5.90. The maximum atomic E-state index is 14.8. The molecule has 1 aliphatic rings. The average Bonchev–Trinajstić information content (AvgIpc) is 3.10. The first-order valence-electron chi connectivity index (χ1n) is 11.0. The van der Waals surface area contributed by atoms with Gasteiger partial charge in [-0.2, -0.15) is 9.61 Å². The number of halogens is 1. The number of carboxylic acids is 1. The molecule has 0 unspecified atom stereocenters. The molecule has 1 aromatic carbocycles. The minimum Gasteiger partial charge on any atom is -0.478 e. The number of fused-ring (bicyclic) bond motifs is 1. The first-order valence-corrected chi connectivity index (χ1v) is 11.0. The lowest BCUT2D eigenvalue weighted by Gasteiger charge is -2.27. The molecule has 33 heavy (non-hydrogen) atoms. The number of benzene rings is 1. The molecule has 1 fully saturated rings. The fraction of sp³-hybridized carbons (Fsp3) is 0.333. The fourth-order valence-electron chi connectivity index (χ4n) is 4.13. The molecule has 0 saturated carbocycles. The molecular formula is C24H26FN5O3. The number of nitrogens with zero attached hydrogens (tertiary/aromatic N) is 4. The number of hydrogen-bond acceptors (Lipinski definition) is 5. The molecule has 0 aliphatic carbocycles. The third kappa shape index (κ3) is 4.72. The molecule has 2 aromatic heterocycles. The second-order valence-corrected chi connectivity index (χ2v) is 8.18. The van der Waals surface area contributed by atoms with Crippen LogP contribution in [0.3, 0.4) is 0 Å². The Labute approximate surface area is 190 Å². The highest BCUT2D eigenvalue weighted by atomic mass is 19.1. The number of carbonyl (C=O) groups excluding carboxylic acids is 1. The van der Waals surface area contributed by atoms with Gasteiger partial charge < -0.3 is 15.3 Å². The summed E-state index contributed by atoms with van der Waals surface area (Å²) in [5.74, 6) is -1.19. The number of carbonyl (C=O) groups is 2. The summed E-state index contributed by atoms with van der Waals surface area (Å²) in [6, 6.07) is 7.86. The molecule has 4 rings (SSSR count). The van der Waals surface area contributed by atoms with E-state index in [9.17, 15) is 14.0 Å². The van der Waals surface area contributed by atoms with E-state index in [0.29, 0.717) is 35.0 Å². The zero-order chi connectivity index (χ0) is 23.5. The SMILES string of the molecule is CNc1cc(C(=O)N2CCCCC[C@H]2C)nc2cc(-c3ccc(/C=C/C(=O)O)cc3F)nn12. The van der Waals surface area contributed by atoms with Crippen molar-refractivity contribution < 1.29 is 19.1 Å². The van der Waals surface area contributed by atoms with E-state index >= 15 is 0 Å². The van der Waals surface area contributed by atoms with Crippen LogP contribution >= 0.6 is 0 Å². The number of carboxylic acid groups (broad SMARTS) is 1. The van der Waals surface area contributed by atoms with Crippen molar-refractivity contribution in [1.29, 1.82) is 0 Å². The number of aliphatic carboxylic acids is 1. The van der Waals surface area contributed by atoms with Gasteiger partial charge in [0.25, 0.3) is 5.91 Å². The lowest BCUT2D eigenvalue weighted by atomic mass is 10.1. The van der Waals surface area contributed by atoms with E-state index in [0.717, 1.165) is 31.8 Å². The van der Waals surface area contributed by atoms with E-state index in [1.807, 2.05) is 4.90 Å². The first-order chi connectivity index (χ1) is 15.9. The Morgan fingerprint density at radius 1 is 1.21 bits per heavy atom. The maximum Gasteiger partial charge on any atom is 0.328 e. The fourth-order valence-corrected chi connectivity index (χ4v) is 4.13. The third-order valence-corrected chi connectivity index (χ3v) is 5.90. The van der Waals surface area contributed by atoms with E-state index < -0.39 is 11.8 Å². The predicted octanol–water partition coefficient (Wildman–Crippen LogP) is 4.08. The minimum atomic E-state index is -1.11. The Balaban J connectivity index is 1.70. The zero-order valence-corrected chi connectivity index (χ0v) is 18.6. The van der Waals surface area contributed by atoms with Gasteiger partial charge in [0.2, 0.25) is 0 Å². The number of rotatable bonds is 5. The second kappa shape index (κ2) is 9.40. The van der Waals surface area contributed by atoms with Crippen molar-refractivity contribution in [2.75, 3.05) is 18.9 Å².